The molecule has 3 unspecified atom stereocenters. The molecule has 1 aromatic heterocycles. The number of thiazole rings is 1. The van der Waals surface area contributed by atoms with E-state index in [9.17, 15) is 14.4 Å². The highest BCUT2D eigenvalue weighted by Crippen LogP contribution is 2.37. The monoisotopic (exact) mass is 614 g/mol. The quantitative estimate of drug-likeness (QED) is 0.331. The van der Waals surface area contributed by atoms with Crippen molar-refractivity contribution in [3.63, 3.8) is 0 Å². The lowest BCUT2D eigenvalue weighted by molar-refractivity contribution is -0.158. The number of carbonyl (C=O) groups is 3. The zero-order chi connectivity index (χ0) is 32.0. The summed E-state index contributed by atoms with van der Waals surface area (Å²) in [5.74, 6) is -0.603. The number of nitrogens with one attached hydrogen (secondary N) is 2. The number of hydrogen-bond donors (Lipinski definition) is 2. The molecule has 0 radical (unpaired) electrons. The van der Waals surface area contributed by atoms with Crippen LogP contribution in [-0.4, -0.2) is 45.2 Å². The van der Waals surface area contributed by atoms with E-state index in [1.54, 1.807) is 16.2 Å². The Balaban J connectivity index is 1.54. The lowest BCUT2D eigenvalue weighted by atomic mass is 9.87. The van der Waals surface area contributed by atoms with Crippen LogP contribution in [0.5, 0.6) is 0 Å². The van der Waals surface area contributed by atoms with Crippen molar-refractivity contribution in [1.29, 1.82) is 0 Å². The minimum absolute atomic E-state index is 0.0529. The SMILES string of the molecule is CC(C)CC1C(=O)NC(C2Cc3ccccc3C2)C(=O)N1C(C(=O)NC(C)(C)C)c1ccc(-c2nc(C(C)(C)C)cs2)cc1. The fourth-order valence-corrected chi connectivity index (χ4v) is 7.36. The maximum absolute atomic E-state index is 14.6. The molecular weight excluding hydrogens is 568 g/mol. The van der Waals surface area contributed by atoms with Gasteiger partial charge in [0.15, 0.2) is 0 Å². The van der Waals surface area contributed by atoms with E-state index in [-0.39, 0.29) is 35.0 Å². The third-order valence-electron chi connectivity index (χ3n) is 8.48. The van der Waals surface area contributed by atoms with Gasteiger partial charge < -0.3 is 15.5 Å². The predicted octanol–water partition coefficient (Wildman–Crippen LogP) is 6.22. The van der Waals surface area contributed by atoms with E-state index in [0.29, 0.717) is 24.8 Å². The summed E-state index contributed by atoms with van der Waals surface area (Å²) in [6.07, 6.45) is 1.89. The highest BCUT2D eigenvalue weighted by Gasteiger charge is 2.49. The first-order chi connectivity index (χ1) is 20.6. The lowest BCUT2D eigenvalue weighted by Gasteiger charge is -2.45. The molecule has 8 heteroatoms. The molecule has 1 aliphatic heterocycles. The standard InChI is InChI=1S/C36H46N4O3S/c1-21(2)17-27-31(41)38-29(26-18-24-11-9-10-12-25(24)19-26)34(43)40(27)30(32(42)39-36(6,7)8)22-13-15-23(16-14-22)33-37-28(20-44-33)35(3,4)5/h9-16,20-21,26-27,29-30H,17-19H2,1-8H3,(H,38,41)(H,39,42). The molecule has 5 rings (SSSR count). The normalized spacial score (nSPS) is 20.1. The minimum Gasteiger partial charge on any atom is -0.349 e. The van der Waals surface area contributed by atoms with Gasteiger partial charge in [0.05, 0.1) is 5.69 Å². The van der Waals surface area contributed by atoms with Gasteiger partial charge in [-0.05, 0) is 68.6 Å². The number of benzene rings is 2. The van der Waals surface area contributed by atoms with E-state index >= 15 is 0 Å². The fraction of sp³-hybridized carbons (Fsp3) is 0.500. The first-order valence-corrected chi connectivity index (χ1v) is 16.6. The Morgan fingerprint density at radius 1 is 1.00 bits per heavy atom. The zero-order valence-electron chi connectivity index (χ0n) is 27.2. The topological polar surface area (TPSA) is 91.4 Å². The van der Waals surface area contributed by atoms with Crippen LogP contribution < -0.4 is 10.6 Å². The summed E-state index contributed by atoms with van der Waals surface area (Å²) >= 11 is 1.60. The summed E-state index contributed by atoms with van der Waals surface area (Å²) in [7, 11) is 0. The third kappa shape index (κ3) is 6.75. The molecule has 3 atom stereocenters. The van der Waals surface area contributed by atoms with Crippen molar-refractivity contribution in [2.24, 2.45) is 11.8 Å². The van der Waals surface area contributed by atoms with E-state index < -0.39 is 23.7 Å². The van der Waals surface area contributed by atoms with Crippen LogP contribution in [0.1, 0.15) is 90.2 Å². The van der Waals surface area contributed by atoms with Gasteiger partial charge in [0.25, 0.3) is 0 Å². The maximum atomic E-state index is 14.6. The van der Waals surface area contributed by atoms with Crippen molar-refractivity contribution in [1.82, 2.24) is 20.5 Å². The Morgan fingerprint density at radius 3 is 2.14 bits per heavy atom. The van der Waals surface area contributed by atoms with Crippen molar-refractivity contribution < 1.29 is 14.4 Å². The minimum atomic E-state index is -0.960. The van der Waals surface area contributed by atoms with Crippen molar-refractivity contribution >= 4 is 29.1 Å². The highest BCUT2D eigenvalue weighted by molar-refractivity contribution is 7.13. The van der Waals surface area contributed by atoms with Gasteiger partial charge >= 0.3 is 0 Å². The van der Waals surface area contributed by atoms with Crippen LogP contribution in [0.2, 0.25) is 0 Å². The van der Waals surface area contributed by atoms with Crippen molar-refractivity contribution in [2.45, 2.75) is 104 Å². The van der Waals surface area contributed by atoms with E-state index in [4.69, 9.17) is 4.98 Å². The summed E-state index contributed by atoms with van der Waals surface area (Å²) in [5.41, 5.74) is 4.50. The summed E-state index contributed by atoms with van der Waals surface area (Å²) in [5, 5.41) is 9.21. The maximum Gasteiger partial charge on any atom is 0.247 e. The first kappa shape index (κ1) is 31.9. The molecule has 0 bridgehead atoms. The average Bonchev–Trinajstić information content (AvgIpc) is 3.59. The second-order valence-electron chi connectivity index (χ2n) is 14.9. The third-order valence-corrected chi connectivity index (χ3v) is 9.37. The Morgan fingerprint density at radius 2 is 1.61 bits per heavy atom. The van der Waals surface area contributed by atoms with Crippen LogP contribution in [0.25, 0.3) is 10.6 Å². The zero-order valence-corrected chi connectivity index (χ0v) is 28.0. The molecule has 2 N–H and O–H groups in total. The lowest BCUT2D eigenvalue weighted by Crippen LogP contribution is -2.67. The van der Waals surface area contributed by atoms with Crippen LogP contribution in [0.4, 0.5) is 0 Å². The van der Waals surface area contributed by atoms with E-state index in [2.05, 4.69) is 48.9 Å². The Bertz CT molecular complexity index is 1500. The average molecular weight is 615 g/mol. The van der Waals surface area contributed by atoms with Gasteiger partial charge in [-0.3, -0.25) is 14.4 Å². The van der Waals surface area contributed by atoms with Crippen molar-refractivity contribution in [2.75, 3.05) is 0 Å². The number of nitrogens with zero attached hydrogens (tertiary/aromatic N) is 2. The number of rotatable bonds is 7. The molecule has 1 aliphatic carbocycles. The van der Waals surface area contributed by atoms with Crippen molar-refractivity contribution in [3.05, 3.63) is 76.3 Å². The van der Waals surface area contributed by atoms with Crippen LogP contribution in [-0.2, 0) is 32.6 Å². The van der Waals surface area contributed by atoms with E-state index in [1.165, 1.54) is 11.1 Å². The summed E-state index contributed by atoms with van der Waals surface area (Å²) in [6, 6.07) is 13.6. The first-order valence-electron chi connectivity index (χ1n) is 15.7. The van der Waals surface area contributed by atoms with Crippen LogP contribution in [0, 0.1) is 11.8 Å². The molecule has 0 spiro atoms. The number of piperazine rings is 1. The Kier molecular flexibility index (Phi) is 8.78. The molecule has 2 heterocycles. The van der Waals surface area contributed by atoms with Gasteiger partial charge in [0, 0.05) is 21.9 Å². The molecule has 1 saturated heterocycles. The Hall–Kier alpha value is -3.52. The number of amides is 3. The van der Waals surface area contributed by atoms with Crippen LogP contribution in [0.15, 0.2) is 53.9 Å². The number of carbonyl (C=O) groups excluding carboxylic acids is 3. The molecule has 1 fully saturated rings. The second-order valence-corrected chi connectivity index (χ2v) is 15.7. The number of hydrogen-bond acceptors (Lipinski definition) is 5. The number of fused-ring (bicyclic) bond motifs is 1. The van der Waals surface area contributed by atoms with Crippen LogP contribution >= 0.6 is 11.3 Å². The number of aromatic nitrogens is 1. The van der Waals surface area contributed by atoms with Crippen LogP contribution in [0.3, 0.4) is 0 Å². The summed E-state index contributed by atoms with van der Waals surface area (Å²) in [6.45, 7) is 16.3. The van der Waals surface area contributed by atoms with Gasteiger partial charge in [-0.2, -0.15) is 0 Å². The van der Waals surface area contributed by atoms with E-state index in [1.807, 2.05) is 71.0 Å². The molecule has 2 aliphatic rings. The fourth-order valence-electron chi connectivity index (χ4n) is 6.31. The molecule has 3 amide bonds. The molecule has 3 aromatic rings. The molecule has 0 saturated carbocycles. The van der Waals surface area contributed by atoms with Gasteiger partial charge in [-0.1, -0.05) is 83.1 Å². The molecule has 234 valence electrons. The molecule has 44 heavy (non-hydrogen) atoms. The molecule has 7 nitrogen and oxygen atoms in total. The summed E-state index contributed by atoms with van der Waals surface area (Å²) in [4.78, 5) is 49.1. The largest absolute Gasteiger partial charge is 0.349 e. The van der Waals surface area contributed by atoms with Gasteiger partial charge in [-0.25, -0.2) is 4.98 Å². The predicted molar refractivity (Wildman–Crippen MR) is 176 cm³/mol. The summed E-state index contributed by atoms with van der Waals surface area (Å²) < 4.78 is 0. The van der Waals surface area contributed by atoms with E-state index in [0.717, 1.165) is 16.3 Å². The van der Waals surface area contributed by atoms with Crippen molar-refractivity contribution in [3.8, 4) is 10.6 Å². The molecule has 2 aromatic carbocycles. The van der Waals surface area contributed by atoms with Gasteiger partial charge in [-0.15, -0.1) is 11.3 Å². The highest BCUT2D eigenvalue weighted by atomic mass is 32.1. The van der Waals surface area contributed by atoms with Gasteiger partial charge in [0.2, 0.25) is 17.7 Å². The smallest absolute Gasteiger partial charge is 0.247 e. The van der Waals surface area contributed by atoms with Gasteiger partial charge in [0.1, 0.15) is 23.1 Å². The second kappa shape index (κ2) is 12.1. The molecular formula is C36H46N4O3S. The Labute approximate surface area is 265 Å².